The fourth-order valence-corrected chi connectivity index (χ4v) is 4.34. The molecule has 5 aromatic rings. The Labute approximate surface area is 228 Å². The maximum Gasteiger partial charge on any atom is 0.293 e. The number of carbonyl (C=O) groups excluding carboxylic acids is 1. The molecule has 1 amide bonds. The van der Waals surface area contributed by atoms with Gasteiger partial charge in [-0.3, -0.25) is 10.1 Å². The number of rotatable bonds is 6. The molecule has 3 aromatic carbocycles. The molecule has 8 heteroatoms. The van der Waals surface area contributed by atoms with Crippen LogP contribution in [0.15, 0.2) is 92.2 Å². The molecule has 1 atom stereocenters. The number of anilines is 1. The maximum atomic E-state index is 12.6. The average molecular weight is 575 g/mol. The van der Waals surface area contributed by atoms with E-state index in [4.69, 9.17) is 21.1 Å². The Morgan fingerprint density at radius 2 is 1.70 bits per heavy atom. The monoisotopic (exact) mass is 573 g/mol. The van der Waals surface area contributed by atoms with Crippen LogP contribution in [-0.2, 0) is 0 Å². The van der Waals surface area contributed by atoms with Gasteiger partial charge in [-0.1, -0.05) is 48.0 Å². The van der Waals surface area contributed by atoms with Crippen LogP contribution in [0.2, 0.25) is 0 Å². The summed E-state index contributed by atoms with van der Waals surface area (Å²) in [7, 11) is 0. The minimum Gasteiger partial charge on any atom is -0.451 e. The van der Waals surface area contributed by atoms with E-state index in [-0.39, 0.29) is 10.9 Å². The third-order valence-electron chi connectivity index (χ3n) is 6.17. The van der Waals surface area contributed by atoms with Crippen molar-refractivity contribution < 1.29 is 13.6 Å². The predicted molar refractivity (Wildman–Crippen MR) is 154 cm³/mol. The summed E-state index contributed by atoms with van der Waals surface area (Å²) in [5.74, 6) is 1.37. The first-order chi connectivity index (χ1) is 17.9. The zero-order valence-corrected chi connectivity index (χ0v) is 22.7. The number of halogens is 1. The summed E-state index contributed by atoms with van der Waals surface area (Å²) in [5, 5.41) is 5.84. The molecule has 0 aliphatic carbocycles. The molecule has 0 aliphatic heterocycles. The minimum atomic E-state index is -0.430. The highest BCUT2D eigenvalue weighted by Gasteiger charge is 2.15. The average Bonchev–Trinajstić information content (AvgIpc) is 3.56. The lowest BCUT2D eigenvalue weighted by molar-refractivity contribution is 0.0951. The van der Waals surface area contributed by atoms with Crippen LogP contribution >= 0.6 is 28.1 Å². The largest absolute Gasteiger partial charge is 0.451 e. The van der Waals surface area contributed by atoms with Gasteiger partial charge in [0.15, 0.2) is 16.5 Å². The molecule has 0 saturated carbocycles. The van der Waals surface area contributed by atoms with Gasteiger partial charge in [0.25, 0.3) is 5.91 Å². The number of amides is 1. The van der Waals surface area contributed by atoms with Gasteiger partial charge in [0.05, 0.1) is 0 Å². The topological polar surface area (TPSA) is 80.3 Å². The number of carbonyl (C=O) groups is 1. The van der Waals surface area contributed by atoms with Gasteiger partial charge >= 0.3 is 0 Å². The molecular weight excluding hydrogens is 550 g/mol. The smallest absolute Gasteiger partial charge is 0.293 e. The maximum absolute atomic E-state index is 12.6. The van der Waals surface area contributed by atoms with Crippen molar-refractivity contribution in [2.24, 2.45) is 0 Å². The lowest BCUT2D eigenvalue weighted by Crippen LogP contribution is -2.33. The van der Waals surface area contributed by atoms with E-state index in [2.05, 4.69) is 57.5 Å². The first-order valence-corrected chi connectivity index (χ1v) is 13.1. The minimum absolute atomic E-state index is 0.166. The summed E-state index contributed by atoms with van der Waals surface area (Å²) >= 11 is 8.73. The zero-order chi connectivity index (χ0) is 25.9. The molecule has 0 bridgehead atoms. The number of fused-ring (bicyclic) bond motifs is 1. The summed E-state index contributed by atoms with van der Waals surface area (Å²) in [5.41, 5.74) is 5.30. The Bertz CT molecular complexity index is 1570. The van der Waals surface area contributed by atoms with E-state index >= 15 is 0 Å². The SMILES string of the molecule is CC[C@@H](C)c1ccc2oc(-c3ccc(NC(=S)NC(=O)c4ccc(-c5ccc(Br)cc5)o4)cc3)nc2c1. The second-order valence-electron chi connectivity index (χ2n) is 8.71. The summed E-state index contributed by atoms with van der Waals surface area (Å²) in [4.78, 5) is 17.3. The van der Waals surface area contributed by atoms with Crippen molar-refractivity contribution >= 4 is 56.0 Å². The third kappa shape index (κ3) is 5.65. The van der Waals surface area contributed by atoms with E-state index in [0.29, 0.717) is 17.6 Å². The van der Waals surface area contributed by atoms with Gasteiger partial charge in [-0.2, -0.15) is 0 Å². The van der Waals surface area contributed by atoms with E-state index in [9.17, 15) is 4.79 Å². The molecule has 6 nitrogen and oxygen atoms in total. The van der Waals surface area contributed by atoms with E-state index in [0.717, 1.165) is 38.8 Å². The Morgan fingerprint density at radius 1 is 0.973 bits per heavy atom. The van der Waals surface area contributed by atoms with Crippen LogP contribution in [0.3, 0.4) is 0 Å². The van der Waals surface area contributed by atoms with E-state index in [1.54, 1.807) is 12.1 Å². The van der Waals surface area contributed by atoms with E-state index < -0.39 is 5.91 Å². The highest BCUT2D eigenvalue weighted by Crippen LogP contribution is 2.29. The first-order valence-electron chi connectivity index (χ1n) is 11.9. The van der Waals surface area contributed by atoms with Crippen LogP contribution in [0, 0.1) is 0 Å². The molecule has 2 heterocycles. The number of hydrogen-bond acceptors (Lipinski definition) is 5. The van der Waals surface area contributed by atoms with Gasteiger partial charge < -0.3 is 14.2 Å². The lowest BCUT2D eigenvalue weighted by atomic mass is 9.98. The number of thiocarbonyl (C=S) groups is 1. The number of oxazole rings is 1. The third-order valence-corrected chi connectivity index (χ3v) is 6.90. The van der Waals surface area contributed by atoms with Crippen molar-refractivity contribution in [2.75, 3.05) is 5.32 Å². The van der Waals surface area contributed by atoms with Crippen LogP contribution in [0.1, 0.15) is 42.3 Å². The molecule has 2 N–H and O–H groups in total. The van der Waals surface area contributed by atoms with Crippen LogP contribution in [0.25, 0.3) is 33.9 Å². The van der Waals surface area contributed by atoms with Crippen molar-refractivity contribution in [1.29, 1.82) is 0 Å². The Morgan fingerprint density at radius 3 is 2.43 bits per heavy atom. The number of hydrogen-bond donors (Lipinski definition) is 2. The van der Waals surface area contributed by atoms with Gasteiger partial charge in [-0.25, -0.2) is 4.98 Å². The van der Waals surface area contributed by atoms with Gasteiger partial charge in [0.2, 0.25) is 5.89 Å². The van der Waals surface area contributed by atoms with Crippen molar-refractivity contribution in [2.45, 2.75) is 26.2 Å². The summed E-state index contributed by atoms with van der Waals surface area (Å²) < 4.78 is 12.6. The fourth-order valence-electron chi connectivity index (χ4n) is 3.86. The van der Waals surface area contributed by atoms with Gasteiger partial charge in [0.1, 0.15) is 11.3 Å². The van der Waals surface area contributed by atoms with Crippen molar-refractivity contribution in [1.82, 2.24) is 10.3 Å². The van der Waals surface area contributed by atoms with Crippen LogP contribution < -0.4 is 10.6 Å². The van der Waals surface area contributed by atoms with Gasteiger partial charge in [0, 0.05) is 21.3 Å². The van der Waals surface area contributed by atoms with E-state index in [1.807, 2.05) is 54.6 Å². The second kappa shape index (κ2) is 10.7. The van der Waals surface area contributed by atoms with Crippen LogP contribution in [0.5, 0.6) is 0 Å². The molecule has 5 rings (SSSR count). The molecular formula is C29H24BrN3O3S. The number of nitrogens with one attached hydrogen (secondary N) is 2. The van der Waals surface area contributed by atoms with Crippen molar-refractivity contribution in [3.63, 3.8) is 0 Å². The highest BCUT2D eigenvalue weighted by molar-refractivity contribution is 9.10. The van der Waals surface area contributed by atoms with Crippen LogP contribution in [0.4, 0.5) is 5.69 Å². The molecule has 0 fully saturated rings. The second-order valence-corrected chi connectivity index (χ2v) is 10.0. The lowest BCUT2D eigenvalue weighted by Gasteiger charge is -2.09. The molecule has 0 radical (unpaired) electrons. The zero-order valence-electron chi connectivity index (χ0n) is 20.2. The van der Waals surface area contributed by atoms with Gasteiger partial charge in [-0.05, 0) is 90.8 Å². The molecule has 0 saturated heterocycles. The highest BCUT2D eigenvalue weighted by atomic mass is 79.9. The van der Waals surface area contributed by atoms with Crippen LogP contribution in [-0.4, -0.2) is 16.0 Å². The molecule has 37 heavy (non-hydrogen) atoms. The fraction of sp³-hybridized carbons (Fsp3) is 0.138. The number of benzene rings is 3. The molecule has 186 valence electrons. The molecule has 0 spiro atoms. The first kappa shape index (κ1) is 24.9. The van der Waals surface area contributed by atoms with Gasteiger partial charge in [-0.15, -0.1) is 0 Å². The van der Waals surface area contributed by atoms with Crippen molar-refractivity contribution in [3.05, 3.63) is 94.7 Å². The molecule has 2 aromatic heterocycles. The Hall–Kier alpha value is -3.75. The quantitative estimate of drug-likeness (QED) is 0.199. The number of furan rings is 1. The van der Waals surface area contributed by atoms with Crippen molar-refractivity contribution in [3.8, 4) is 22.8 Å². The van der Waals surface area contributed by atoms with E-state index in [1.165, 1.54) is 5.56 Å². The Balaban J connectivity index is 1.22. The summed E-state index contributed by atoms with van der Waals surface area (Å²) in [6.07, 6.45) is 1.07. The Kier molecular flexibility index (Phi) is 7.21. The number of nitrogens with zero attached hydrogens (tertiary/aromatic N) is 1. The number of aromatic nitrogens is 1. The normalized spacial score (nSPS) is 11.9. The summed E-state index contributed by atoms with van der Waals surface area (Å²) in [6, 6.07) is 24.7. The molecule has 0 unspecified atom stereocenters. The molecule has 0 aliphatic rings. The summed E-state index contributed by atoms with van der Waals surface area (Å²) in [6.45, 7) is 4.38. The standard InChI is InChI=1S/C29H24BrN3O3S/c1-3-17(2)20-8-13-25-23(16-20)32-28(36-25)19-6-11-22(12-7-19)31-29(37)33-27(34)26-15-14-24(35-26)18-4-9-21(30)10-5-18/h4-17H,3H2,1-2H3,(H2,31,33,34,37)/t17-/m1/s1. The predicted octanol–water partition coefficient (Wildman–Crippen LogP) is 8.16.